The van der Waals surface area contributed by atoms with Crippen LogP contribution in [0, 0.1) is 11.7 Å². The number of hydrogen-bond acceptors (Lipinski definition) is 1. The van der Waals surface area contributed by atoms with Crippen molar-refractivity contribution in [3.63, 3.8) is 0 Å². The highest BCUT2D eigenvalue weighted by molar-refractivity contribution is 5.80. The third-order valence-electron chi connectivity index (χ3n) is 6.09. The van der Waals surface area contributed by atoms with Gasteiger partial charge in [-0.1, -0.05) is 58.9 Å². The Bertz CT molecular complexity index is 923. The summed E-state index contributed by atoms with van der Waals surface area (Å²) >= 11 is 0. The number of rotatable bonds is 7. The first-order valence-corrected chi connectivity index (χ1v) is 10.2. The molecule has 0 saturated carbocycles. The molecule has 3 aromatic rings. The molecule has 2 N–H and O–H groups in total. The van der Waals surface area contributed by atoms with Gasteiger partial charge >= 0.3 is 0 Å². The van der Waals surface area contributed by atoms with Crippen molar-refractivity contribution in [2.24, 2.45) is 5.92 Å². The number of nitrogens with one attached hydrogen (secondary N) is 1. The van der Waals surface area contributed by atoms with Crippen LogP contribution < -0.4 is 0 Å². The Balaban J connectivity index is 1.93. The molecule has 150 valence electrons. The summed E-state index contributed by atoms with van der Waals surface area (Å²) in [5.41, 5.74) is 3.00. The maximum atomic E-state index is 14.0. The molecule has 2 aromatic carbocycles. The van der Waals surface area contributed by atoms with Gasteiger partial charge in [0.25, 0.3) is 0 Å². The number of benzene rings is 2. The zero-order valence-electron chi connectivity index (χ0n) is 17.6. The summed E-state index contributed by atoms with van der Waals surface area (Å²) in [6.45, 7) is 10.4. The van der Waals surface area contributed by atoms with Crippen molar-refractivity contribution in [1.29, 1.82) is 0 Å². The summed E-state index contributed by atoms with van der Waals surface area (Å²) in [6, 6.07) is 15.3. The lowest BCUT2D eigenvalue weighted by Crippen LogP contribution is -2.43. The van der Waals surface area contributed by atoms with Crippen molar-refractivity contribution >= 4 is 10.9 Å². The van der Waals surface area contributed by atoms with E-state index in [1.165, 1.54) is 6.07 Å². The van der Waals surface area contributed by atoms with Crippen LogP contribution in [0.25, 0.3) is 10.9 Å². The van der Waals surface area contributed by atoms with Gasteiger partial charge in [-0.15, -0.1) is 0 Å². The molecule has 3 heteroatoms. The molecular weight excluding hydrogens is 349 g/mol. The van der Waals surface area contributed by atoms with Crippen molar-refractivity contribution in [2.45, 2.75) is 64.9 Å². The summed E-state index contributed by atoms with van der Waals surface area (Å²) in [5, 5.41) is 12.8. The predicted molar refractivity (Wildman–Crippen MR) is 115 cm³/mol. The average Bonchev–Trinajstić information content (AvgIpc) is 3.02. The van der Waals surface area contributed by atoms with E-state index in [2.05, 4.69) is 57.8 Å². The standard InChI is InChI=1S/C25H32FNO/c1-6-18-11-12-20(26)14-22(18)24(4,5)16-25(28,17(2)3)15-21-13-19-9-7-8-10-23(19)27-21/h7-14,17,27-28H,6,15-16H2,1-5H3. The molecule has 0 amide bonds. The number of halogens is 1. The van der Waals surface area contributed by atoms with Crippen molar-refractivity contribution in [2.75, 3.05) is 0 Å². The largest absolute Gasteiger partial charge is 0.389 e. The highest BCUT2D eigenvalue weighted by atomic mass is 19.1. The molecule has 1 aromatic heterocycles. The van der Waals surface area contributed by atoms with Crippen LogP contribution in [0.2, 0.25) is 0 Å². The molecule has 1 heterocycles. The van der Waals surface area contributed by atoms with Crippen molar-refractivity contribution in [3.05, 3.63) is 71.2 Å². The smallest absolute Gasteiger partial charge is 0.123 e. The Hall–Kier alpha value is -2.13. The molecule has 28 heavy (non-hydrogen) atoms. The molecule has 0 fully saturated rings. The Labute approximate surface area is 167 Å². The third-order valence-corrected chi connectivity index (χ3v) is 6.09. The van der Waals surface area contributed by atoms with Crippen LogP contribution in [0.5, 0.6) is 0 Å². The van der Waals surface area contributed by atoms with Crippen LogP contribution in [0.3, 0.4) is 0 Å². The monoisotopic (exact) mass is 381 g/mol. The van der Waals surface area contributed by atoms with E-state index in [4.69, 9.17) is 0 Å². The summed E-state index contributed by atoms with van der Waals surface area (Å²) < 4.78 is 14.0. The van der Waals surface area contributed by atoms with Gasteiger partial charge in [-0.05, 0) is 65.0 Å². The van der Waals surface area contributed by atoms with Crippen molar-refractivity contribution in [1.82, 2.24) is 4.98 Å². The van der Waals surface area contributed by atoms with Gasteiger partial charge in [-0.25, -0.2) is 4.39 Å². The van der Waals surface area contributed by atoms with Crippen LogP contribution in [0.15, 0.2) is 48.5 Å². The zero-order chi connectivity index (χ0) is 20.5. The van der Waals surface area contributed by atoms with Gasteiger partial charge in [0.15, 0.2) is 0 Å². The van der Waals surface area contributed by atoms with E-state index < -0.39 is 5.60 Å². The van der Waals surface area contributed by atoms with E-state index in [1.807, 2.05) is 18.2 Å². The Kier molecular flexibility index (Phi) is 5.67. The fraction of sp³-hybridized carbons (Fsp3) is 0.440. The van der Waals surface area contributed by atoms with Gasteiger partial charge in [0.05, 0.1) is 5.60 Å². The molecule has 0 aliphatic carbocycles. The number of H-pyrrole nitrogens is 1. The van der Waals surface area contributed by atoms with Crippen LogP contribution >= 0.6 is 0 Å². The topological polar surface area (TPSA) is 36.0 Å². The Morgan fingerprint density at radius 3 is 2.43 bits per heavy atom. The molecule has 0 saturated heterocycles. The summed E-state index contributed by atoms with van der Waals surface area (Å²) in [7, 11) is 0. The maximum Gasteiger partial charge on any atom is 0.123 e. The van der Waals surface area contributed by atoms with E-state index in [9.17, 15) is 9.50 Å². The second-order valence-electron chi connectivity index (χ2n) is 9.03. The molecule has 0 spiro atoms. The zero-order valence-corrected chi connectivity index (χ0v) is 17.6. The predicted octanol–water partition coefficient (Wildman–Crippen LogP) is 6.17. The quantitative estimate of drug-likeness (QED) is 0.505. The Morgan fingerprint density at radius 2 is 1.79 bits per heavy atom. The van der Waals surface area contributed by atoms with Gasteiger partial charge in [-0.2, -0.15) is 0 Å². The summed E-state index contributed by atoms with van der Waals surface area (Å²) in [5.74, 6) is -0.152. The molecule has 1 unspecified atom stereocenters. The van der Waals surface area contributed by atoms with E-state index >= 15 is 0 Å². The Morgan fingerprint density at radius 1 is 1.07 bits per heavy atom. The highest BCUT2D eigenvalue weighted by Crippen LogP contribution is 2.39. The van der Waals surface area contributed by atoms with Gasteiger partial charge < -0.3 is 10.1 Å². The van der Waals surface area contributed by atoms with Crippen LogP contribution in [0.4, 0.5) is 4.39 Å². The minimum atomic E-state index is -0.901. The second-order valence-corrected chi connectivity index (χ2v) is 9.03. The molecule has 3 rings (SSSR count). The number of aliphatic hydroxyl groups is 1. The number of aromatic nitrogens is 1. The number of hydrogen-bond donors (Lipinski definition) is 2. The lowest BCUT2D eigenvalue weighted by Gasteiger charge is -2.40. The number of aryl methyl sites for hydroxylation is 1. The van der Waals surface area contributed by atoms with Crippen LogP contribution in [-0.2, 0) is 18.3 Å². The summed E-state index contributed by atoms with van der Waals surface area (Å²) in [4.78, 5) is 3.44. The number of fused-ring (bicyclic) bond motifs is 1. The highest BCUT2D eigenvalue weighted by Gasteiger charge is 2.39. The van der Waals surface area contributed by atoms with E-state index in [-0.39, 0.29) is 17.2 Å². The minimum Gasteiger partial charge on any atom is -0.389 e. The van der Waals surface area contributed by atoms with Crippen molar-refractivity contribution < 1.29 is 9.50 Å². The molecular formula is C25H32FNO. The number of para-hydroxylation sites is 1. The third kappa shape index (κ3) is 4.15. The van der Waals surface area contributed by atoms with Gasteiger partial charge in [0, 0.05) is 17.6 Å². The van der Waals surface area contributed by atoms with Gasteiger partial charge in [-0.3, -0.25) is 0 Å². The number of aromatic amines is 1. The molecule has 0 aliphatic rings. The van der Waals surface area contributed by atoms with E-state index in [0.717, 1.165) is 34.1 Å². The fourth-order valence-corrected chi connectivity index (χ4v) is 4.38. The normalized spacial score (nSPS) is 14.6. The molecule has 0 bridgehead atoms. The van der Waals surface area contributed by atoms with Gasteiger partial charge in [0.1, 0.15) is 5.82 Å². The molecule has 2 nitrogen and oxygen atoms in total. The van der Waals surface area contributed by atoms with E-state index in [0.29, 0.717) is 12.8 Å². The van der Waals surface area contributed by atoms with E-state index in [1.54, 1.807) is 6.07 Å². The van der Waals surface area contributed by atoms with Crippen LogP contribution in [-0.4, -0.2) is 15.7 Å². The minimum absolute atomic E-state index is 0.0665. The van der Waals surface area contributed by atoms with Gasteiger partial charge in [0.2, 0.25) is 0 Å². The maximum absolute atomic E-state index is 14.0. The van der Waals surface area contributed by atoms with Crippen LogP contribution in [0.1, 0.15) is 57.9 Å². The fourth-order valence-electron chi connectivity index (χ4n) is 4.38. The molecule has 1 atom stereocenters. The average molecular weight is 382 g/mol. The first-order chi connectivity index (χ1) is 13.1. The molecule has 0 aliphatic heterocycles. The van der Waals surface area contributed by atoms with Crippen molar-refractivity contribution in [3.8, 4) is 0 Å². The summed E-state index contributed by atoms with van der Waals surface area (Å²) in [6.07, 6.45) is 1.95. The SMILES string of the molecule is CCc1ccc(F)cc1C(C)(C)CC(O)(Cc1cc2ccccc2[nH]1)C(C)C. The lowest BCUT2D eigenvalue weighted by atomic mass is 9.69. The second kappa shape index (κ2) is 7.71. The molecule has 0 radical (unpaired) electrons. The first-order valence-electron chi connectivity index (χ1n) is 10.2. The first kappa shape index (κ1) is 20.6. The lowest BCUT2D eigenvalue weighted by molar-refractivity contribution is -0.0292.